The number of unbranched alkanes of at least 4 members (excludes halogenated alkanes) is 3. The van der Waals surface area contributed by atoms with E-state index in [1.54, 1.807) is 56.4 Å². The van der Waals surface area contributed by atoms with E-state index in [-0.39, 0.29) is 72.9 Å². The molecule has 0 unspecified atom stereocenters. The number of benzene rings is 4. The Morgan fingerprint density at radius 2 is 0.711 bits per heavy atom. The number of rotatable bonds is 43. The zero-order valence-corrected chi connectivity index (χ0v) is 79.8. The number of carbonyl (C=O) groups is 9. The third kappa shape index (κ3) is 156. The second-order valence-electron chi connectivity index (χ2n) is 24.7. The number of carbonyl (C=O) groups excluding carboxylic acids is 9. The van der Waals surface area contributed by atoms with Crippen LogP contribution in [0, 0.1) is 0 Å². The molecule has 4 aromatic carbocycles. The largest absolute Gasteiger partial charge is 0.497 e. The summed E-state index contributed by atoms with van der Waals surface area (Å²) in [4.78, 5) is 93.7. The van der Waals surface area contributed by atoms with Crippen molar-refractivity contribution in [1.29, 1.82) is 0 Å². The third-order valence-electron chi connectivity index (χ3n) is 13.2. The van der Waals surface area contributed by atoms with Crippen molar-refractivity contribution >= 4 is 53.1 Å². The smallest absolute Gasteiger partial charge is 0.305 e. The second-order valence-corrected chi connectivity index (χ2v) is 24.7. The lowest BCUT2D eigenvalue weighted by Gasteiger charge is -2.05. The molecule has 7 amide bonds. The minimum Gasteiger partial charge on any atom is -0.497 e. The number of ketones is 1. The zero-order valence-electron chi connectivity index (χ0n) is 79.8. The molecule has 4 aromatic rings. The minimum atomic E-state index is -0.158. The van der Waals surface area contributed by atoms with Crippen LogP contribution in [0.5, 0.6) is 5.75 Å². The number of nitrogens with one attached hydrogen (secondary N) is 13. The molecule has 0 spiro atoms. The highest BCUT2D eigenvalue weighted by Crippen LogP contribution is 2.06. The van der Waals surface area contributed by atoms with E-state index >= 15 is 0 Å². The quantitative estimate of drug-likeness (QED) is 0.0111. The Balaban J connectivity index is -0.000000120. The highest BCUT2D eigenvalue weighted by molar-refractivity contribution is 5.78. The zero-order chi connectivity index (χ0) is 94.1. The van der Waals surface area contributed by atoms with Crippen LogP contribution in [0.4, 0.5) is 0 Å². The molecular formula is C90H173N13O18. The Labute approximate surface area is 732 Å². The molecule has 0 aliphatic carbocycles. The number of hydrogen-bond donors (Lipinski definition) is 13. The first kappa shape index (κ1) is 136. The summed E-state index contributed by atoms with van der Waals surface area (Å²) in [6.07, 6.45) is 12.9. The molecule has 0 heterocycles. The SMILES string of the molecule is CCCC.CCCC(C)=O.CCCCNC(=O)CC.CCCCOCCCC(=O)OC.CCCOC.CCNC.CCc1ccccc1.CNCCOCCNC(=O)COC.CNCNC(=O)COC.CNCNC(C)=O.CNCNC(C)=O.CNCNC(C)=O.COCC(=O)NCc1ccccc1.COCc1ccccc1.COc1ccccc1. The van der Waals surface area contributed by atoms with Crippen LogP contribution in [0.1, 0.15) is 184 Å². The van der Waals surface area contributed by atoms with Crippen molar-refractivity contribution in [3.8, 4) is 5.75 Å². The molecule has 0 fully saturated rings. The fourth-order valence-electron chi connectivity index (χ4n) is 6.57. The number of hydrogen-bond acceptors (Lipinski definition) is 24. The van der Waals surface area contributed by atoms with Gasteiger partial charge >= 0.3 is 5.97 Å². The monoisotopic (exact) mass is 1720 g/mol. The van der Waals surface area contributed by atoms with E-state index in [9.17, 15) is 43.2 Å². The fourth-order valence-corrected chi connectivity index (χ4v) is 6.57. The number of amides is 7. The molecule has 0 radical (unpaired) electrons. The van der Waals surface area contributed by atoms with Crippen molar-refractivity contribution in [2.75, 3.05) is 198 Å². The summed E-state index contributed by atoms with van der Waals surface area (Å²) < 4.78 is 43.3. The van der Waals surface area contributed by atoms with Gasteiger partial charge in [-0.2, -0.15) is 0 Å². The summed E-state index contributed by atoms with van der Waals surface area (Å²) in [6.45, 7) is 35.4. The van der Waals surface area contributed by atoms with E-state index in [0.717, 1.165) is 102 Å². The molecule has 0 aliphatic heterocycles. The van der Waals surface area contributed by atoms with Gasteiger partial charge in [-0.05, 0) is 123 Å². The van der Waals surface area contributed by atoms with Crippen LogP contribution in [-0.2, 0) is 101 Å². The first-order valence-electron chi connectivity index (χ1n) is 41.7. The third-order valence-corrected chi connectivity index (χ3v) is 13.2. The standard InChI is InChI=1S/C10H13NO2.C9H18O3.C8H18N2O3.C8H10O.C8H10.C7H15NO.C7H8O.C5H12N2O2.C5H10O.3C4H10N2O.C4H10O.C4H10.C3H9N/c1-13-8-10(12)11-7-9-5-3-2-4-6-9;1-3-4-7-12-8-5-6-9(10)11-2;1-9-3-5-13-6-4-10-8(11)7-12-2;1-9-7-8-5-3-2-4-6-8;1-2-8-6-4-3-5-7-8;1-3-5-6-8-7(9)4-2;1-8-7-5-3-2-4-6-7;1-6-4-7-5(8)3-9-2;1-3-4-5(2)6;3*1-4(7)6-3-5-2;1-3-4-5-2;2*1-3-4-2/h2-6H,7-8H2,1H3,(H,11,12);3-8H2,1-2H3;9H,3-7H2,1-2H3,(H,10,11);2-6H,7H2,1H3;3-7H,2H2,1H3;3-6H2,1-2H3,(H,8,9);2-6H,1H3;6H,3-4H2,1-2H3,(H,7,8);3-4H2,1-2H3;3*5H,3H2,1-2H3,(H,6,7);3-4H2,1-2H3;3-4H2,1-2H3;4H,3H2,1-2H3. The topological polar surface area (TPSA) is 393 Å². The van der Waals surface area contributed by atoms with Gasteiger partial charge in [-0.15, -0.1) is 0 Å². The summed E-state index contributed by atoms with van der Waals surface area (Å²) in [5.41, 5.74) is 3.72. The molecule has 31 nitrogen and oxygen atoms in total. The average molecular weight is 1730 g/mol. The van der Waals surface area contributed by atoms with E-state index in [4.69, 9.17) is 23.7 Å². The Hall–Kier alpha value is -8.41. The van der Waals surface area contributed by atoms with Crippen LogP contribution in [-0.4, -0.2) is 251 Å². The summed E-state index contributed by atoms with van der Waals surface area (Å²) >= 11 is 0. The normalized spacial score (nSPS) is 9.01. The van der Waals surface area contributed by atoms with Gasteiger partial charge < -0.3 is 117 Å². The average Bonchev–Trinajstić information content (AvgIpc) is 0.903. The Kier molecular flexibility index (Phi) is 143. The van der Waals surface area contributed by atoms with Gasteiger partial charge in [-0.25, -0.2) is 0 Å². The van der Waals surface area contributed by atoms with Crippen molar-refractivity contribution in [2.24, 2.45) is 0 Å². The lowest BCUT2D eigenvalue weighted by atomic mass is 10.2. The van der Waals surface area contributed by atoms with Crippen LogP contribution in [0.3, 0.4) is 0 Å². The molecule has 31 heteroatoms. The van der Waals surface area contributed by atoms with Crippen LogP contribution >= 0.6 is 0 Å². The van der Waals surface area contributed by atoms with Crippen LogP contribution in [0.25, 0.3) is 0 Å². The summed E-state index contributed by atoms with van der Waals surface area (Å²) in [5, 5.41) is 35.3. The molecule has 13 N–H and O–H groups in total. The first-order valence-corrected chi connectivity index (χ1v) is 41.7. The fraction of sp³-hybridized carbons (Fsp3) is 0.633. The maximum absolute atomic E-state index is 11.0. The number of methoxy groups -OCH3 is 7. The molecular weight excluding hydrogens is 1550 g/mol. The Bertz CT molecular complexity index is 2620. The van der Waals surface area contributed by atoms with Crippen molar-refractivity contribution in [1.82, 2.24) is 69.1 Å². The van der Waals surface area contributed by atoms with Gasteiger partial charge in [0.25, 0.3) is 0 Å². The molecule has 0 bridgehead atoms. The van der Waals surface area contributed by atoms with Gasteiger partial charge in [0.15, 0.2) is 0 Å². The van der Waals surface area contributed by atoms with Crippen molar-refractivity contribution in [3.63, 3.8) is 0 Å². The molecule has 4 rings (SSSR count). The van der Waals surface area contributed by atoms with E-state index < -0.39 is 0 Å². The number of aryl methyl sites for hydroxylation is 1. The highest BCUT2D eigenvalue weighted by Gasteiger charge is 2.01. The summed E-state index contributed by atoms with van der Waals surface area (Å²) in [7, 11) is 21.8. The predicted molar refractivity (Wildman–Crippen MR) is 496 cm³/mol. The number of Topliss-reactive ketones (excluding diaryl/α,β-unsaturated/α-hetero) is 1. The molecule has 0 atom stereocenters. The lowest BCUT2D eigenvalue weighted by Crippen LogP contribution is -2.33. The lowest BCUT2D eigenvalue weighted by molar-refractivity contribution is -0.141. The molecule has 0 saturated carbocycles. The molecule has 0 aromatic heterocycles. The van der Waals surface area contributed by atoms with Crippen LogP contribution in [0.2, 0.25) is 0 Å². The number of para-hydroxylation sites is 1. The first-order chi connectivity index (χ1) is 58.2. The maximum atomic E-state index is 11.0. The maximum Gasteiger partial charge on any atom is 0.305 e. The number of likely N-dealkylation sites (N-methyl/N-ethyl adjacent to an activating group) is 1. The van der Waals surface area contributed by atoms with Crippen molar-refractivity contribution in [2.45, 2.75) is 187 Å². The van der Waals surface area contributed by atoms with Crippen LogP contribution in [0.15, 0.2) is 121 Å². The van der Waals surface area contributed by atoms with Crippen LogP contribution < -0.4 is 73.9 Å². The van der Waals surface area contributed by atoms with Gasteiger partial charge in [-0.1, -0.05) is 197 Å². The molecule has 121 heavy (non-hydrogen) atoms. The Morgan fingerprint density at radius 3 is 1.01 bits per heavy atom. The van der Waals surface area contributed by atoms with E-state index in [1.165, 1.54) is 73.2 Å². The molecule has 706 valence electrons. The van der Waals surface area contributed by atoms with Gasteiger partial charge in [0.1, 0.15) is 31.4 Å². The number of esters is 1. The van der Waals surface area contributed by atoms with Gasteiger partial charge in [0.2, 0.25) is 41.4 Å². The van der Waals surface area contributed by atoms with Crippen molar-refractivity contribution in [3.05, 3.63) is 138 Å². The minimum absolute atomic E-state index is 0.00523. The van der Waals surface area contributed by atoms with E-state index in [2.05, 4.69) is 161 Å². The van der Waals surface area contributed by atoms with Crippen molar-refractivity contribution < 1.29 is 85.8 Å². The predicted octanol–water partition coefficient (Wildman–Crippen LogP) is 10.1. The second kappa shape index (κ2) is 127. The van der Waals surface area contributed by atoms with Gasteiger partial charge in [-0.3, -0.25) is 38.4 Å². The molecule has 0 saturated heterocycles. The van der Waals surface area contributed by atoms with E-state index in [1.807, 2.05) is 125 Å². The molecule has 0 aliphatic rings. The Morgan fingerprint density at radius 1 is 0.322 bits per heavy atom. The number of ether oxygens (including phenoxy) is 9. The van der Waals surface area contributed by atoms with E-state index in [0.29, 0.717) is 79.0 Å². The van der Waals surface area contributed by atoms with Gasteiger partial charge in [0, 0.05) is 122 Å². The highest BCUT2D eigenvalue weighted by atomic mass is 16.5. The summed E-state index contributed by atoms with van der Waals surface area (Å²) in [5.74, 6) is 0.874. The van der Waals surface area contributed by atoms with Gasteiger partial charge in [0.05, 0.1) is 60.7 Å². The summed E-state index contributed by atoms with van der Waals surface area (Å²) in [6, 6.07) is 40.0.